The first-order chi connectivity index (χ1) is 10.8. The van der Waals surface area contributed by atoms with Crippen LogP contribution in [-0.4, -0.2) is 10.9 Å². The molecular formula is C17H19N3OS. The van der Waals surface area contributed by atoms with Gasteiger partial charge in [0, 0.05) is 11.1 Å². The summed E-state index contributed by atoms with van der Waals surface area (Å²) in [5, 5.41) is 7.52. The summed E-state index contributed by atoms with van der Waals surface area (Å²) in [6, 6.07) is 5.76. The fourth-order valence-corrected chi connectivity index (χ4v) is 4.80. The predicted molar refractivity (Wildman–Crippen MR) is 88.2 cm³/mol. The van der Waals surface area contributed by atoms with Crippen LogP contribution < -0.4 is 10.6 Å². The normalized spacial score (nSPS) is 23.2. The maximum Gasteiger partial charge on any atom is 0.256 e. The number of fused-ring (bicyclic) bond motifs is 3. The lowest BCUT2D eigenvalue weighted by molar-refractivity contribution is 0.0934. The molecule has 2 atom stereocenters. The molecule has 0 radical (unpaired) electrons. The Bertz CT molecular complexity index is 710. The molecule has 3 heterocycles. The van der Waals surface area contributed by atoms with Gasteiger partial charge in [-0.1, -0.05) is 19.4 Å². The molecule has 4 rings (SSSR count). The largest absolute Gasteiger partial charge is 0.351 e. The van der Waals surface area contributed by atoms with Crippen LogP contribution >= 0.6 is 11.3 Å². The molecule has 0 unspecified atom stereocenters. The van der Waals surface area contributed by atoms with E-state index in [4.69, 9.17) is 0 Å². The summed E-state index contributed by atoms with van der Waals surface area (Å²) < 4.78 is 0. The average Bonchev–Trinajstić information content (AvgIpc) is 2.93. The van der Waals surface area contributed by atoms with E-state index in [1.165, 1.54) is 23.3 Å². The van der Waals surface area contributed by atoms with E-state index in [0.29, 0.717) is 0 Å². The fraction of sp³-hybridized carbons (Fsp3) is 0.412. The van der Waals surface area contributed by atoms with Crippen molar-refractivity contribution in [1.82, 2.24) is 10.3 Å². The molecule has 0 fully saturated rings. The van der Waals surface area contributed by atoms with E-state index in [1.54, 1.807) is 17.5 Å². The van der Waals surface area contributed by atoms with Crippen molar-refractivity contribution in [2.24, 2.45) is 5.92 Å². The summed E-state index contributed by atoms with van der Waals surface area (Å²) in [4.78, 5) is 18.3. The Balaban J connectivity index is 1.68. The second-order valence-electron chi connectivity index (χ2n) is 6.03. The molecule has 0 saturated carbocycles. The zero-order valence-electron chi connectivity index (χ0n) is 12.6. The van der Waals surface area contributed by atoms with Crippen molar-refractivity contribution >= 4 is 22.2 Å². The summed E-state index contributed by atoms with van der Waals surface area (Å²) in [7, 11) is 0. The summed E-state index contributed by atoms with van der Waals surface area (Å²) in [6.45, 7) is 2.26. The number of amides is 1. The standard InChI is InChI=1S/C17H19N3OS/c1-2-10-6-7-11-13(9-10)22-17-14(11)16(21)19-15(20-17)12-5-3-4-8-18-12/h3-5,8,10,15,20H,2,6-7,9H2,1H3,(H,19,21)/t10-,15-/m0/s1. The molecule has 1 amide bonds. The first-order valence-electron chi connectivity index (χ1n) is 7.89. The highest BCUT2D eigenvalue weighted by Crippen LogP contribution is 2.42. The van der Waals surface area contributed by atoms with Gasteiger partial charge in [-0.25, -0.2) is 0 Å². The molecule has 0 saturated heterocycles. The van der Waals surface area contributed by atoms with Gasteiger partial charge in [0.2, 0.25) is 0 Å². The van der Waals surface area contributed by atoms with Gasteiger partial charge in [0.1, 0.15) is 11.2 Å². The Labute approximate surface area is 134 Å². The number of rotatable bonds is 2. The molecule has 5 heteroatoms. The highest BCUT2D eigenvalue weighted by atomic mass is 32.1. The van der Waals surface area contributed by atoms with Gasteiger partial charge in [-0.2, -0.15) is 0 Å². The predicted octanol–water partition coefficient (Wildman–Crippen LogP) is 3.51. The number of nitrogens with zero attached hydrogens (tertiary/aromatic N) is 1. The summed E-state index contributed by atoms with van der Waals surface area (Å²) in [5.74, 6) is 0.805. The first-order valence-corrected chi connectivity index (χ1v) is 8.70. The molecule has 2 N–H and O–H groups in total. The van der Waals surface area contributed by atoms with Crippen molar-refractivity contribution in [2.75, 3.05) is 5.32 Å². The molecule has 114 valence electrons. The van der Waals surface area contributed by atoms with Crippen molar-refractivity contribution < 1.29 is 4.79 Å². The molecule has 2 aromatic heterocycles. The van der Waals surface area contributed by atoms with E-state index < -0.39 is 0 Å². The first kappa shape index (κ1) is 13.8. The van der Waals surface area contributed by atoms with E-state index in [0.717, 1.165) is 35.0 Å². The third-order valence-electron chi connectivity index (χ3n) is 4.71. The third-order valence-corrected chi connectivity index (χ3v) is 5.89. The maximum atomic E-state index is 12.6. The van der Waals surface area contributed by atoms with Gasteiger partial charge >= 0.3 is 0 Å². The Morgan fingerprint density at radius 2 is 2.27 bits per heavy atom. The minimum Gasteiger partial charge on any atom is -0.351 e. The molecule has 1 aliphatic carbocycles. The van der Waals surface area contributed by atoms with E-state index >= 15 is 0 Å². The van der Waals surface area contributed by atoms with Gasteiger partial charge in [-0.3, -0.25) is 9.78 Å². The zero-order valence-corrected chi connectivity index (χ0v) is 13.4. The molecule has 0 spiro atoms. The lowest BCUT2D eigenvalue weighted by Gasteiger charge is -2.26. The summed E-state index contributed by atoms with van der Waals surface area (Å²) in [5.41, 5.74) is 3.00. The molecule has 22 heavy (non-hydrogen) atoms. The van der Waals surface area contributed by atoms with Crippen LogP contribution in [0.3, 0.4) is 0 Å². The smallest absolute Gasteiger partial charge is 0.256 e. The second-order valence-corrected chi connectivity index (χ2v) is 7.14. The second kappa shape index (κ2) is 5.39. The quantitative estimate of drug-likeness (QED) is 0.892. The number of hydrogen-bond donors (Lipinski definition) is 2. The van der Waals surface area contributed by atoms with Gasteiger partial charge < -0.3 is 10.6 Å². The Morgan fingerprint density at radius 1 is 1.36 bits per heavy atom. The van der Waals surface area contributed by atoms with Crippen LogP contribution in [0.15, 0.2) is 24.4 Å². The highest BCUT2D eigenvalue weighted by Gasteiger charge is 2.33. The Morgan fingerprint density at radius 3 is 3.05 bits per heavy atom. The van der Waals surface area contributed by atoms with Crippen molar-refractivity contribution in [3.63, 3.8) is 0 Å². The van der Waals surface area contributed by atoms with Crippen LogP contribution in [0, 0.1) is 5.92 Å². The number of anilines is 1. The SMILES string of the molecule is CC[C@H]1CCc2c(sc3c2C(=O)N[C@H](c2ccccn2)N3)C1. The van der Waals surface area contributed by atoms with Crippen molar-refractivity contribution in [3.05, 3.63) is 46.1 Å². The lowest BCUT2D eigenvalue weighted by Crippen LogP contribution is -2.38. The van der Waals surface area contributed by atoms with E-state index in [-0.39, 0.29) is 12.1 Å². The van der Waals surface area contributed by atoms with Crippen LogP contribution in [-0.2, 0) is 12.8 Å². The number of carbonyl (C=O) groups excluding carboxylic acids is 1. The minimum absolute atomic E-state index is 0.0388. The Kier molecular flexibility index (Phi) is 3.37. The molecule has 4 nitrogen and oxygen atoms in total. The molecule has 0 aromatic carbocycles. The van der Waals surface area contributed by atoms with E-state index in [1.807, 2.05) is 18.2 Å². The molecule has 1 aliphatic heterocycles. The van der Waals surface area contributed by atoms with Crippen LogP contribution in [0.2, 0.25) is 0 Å². The van der Waals surface area contributed by atoms with Crippen LogP contribution in [0.4, 0.5) is 5.00 Å². The van der Waals surface area contributed by atoms with Crippen LogP contribution in [0.25, 0.3) is 0 Å². The number of nitrogens with one attached hydrogen (secondary N) is 2. The van der Waals surface area contributed by atoms with Crippen molar-refractivity contribution in [2.45, 2.75) is 38.8 Å². The van der Waals surface area contributed by atoms with E-state index in [2.05, 4.69) is 22.5 Å². The van der Waals surface area contributed by atoms with E-state index in [9.17, 15) is 4.79 Å². The van der Waals surface area contributed by atoms with Crippen molar-refractivity contribution in [1.29, 1.82) is 0 Å². The summed E-state index contributed by atoms with van der Waals surface area (Å²) in [6.07, 6.45) is 6.09. The topological polar surface area (TPSA) is 54.0 Å². The van der Waals surface area contributed by atoms with Crippen LogP contribution in [0.1, 0.15) is 52.4 Å². The van der Waals surface area contributed by atoms with Gasteiger partial charge in [-0.15, -0.1) is 11.3 Å². The van der Waals surface area contributed by atoms with Crippen LogP contribution in [0.5, 0.6) is 0 Å². The van der Waals surface area contributed by atoms with Gasteiger partial charge in [-0.05, 0) is 42.9 Å². The monoisotopic (exact) mass is 313 g/mol. The fourth-order valence-electron chi connectivity index (χ4n) is 3.41. The van der Waals surface area contributed by atoms with Gasteiger partial charge in [0.15, 0.2) is 0 Å². The number of thiophene rings is 1. The lowest BCUT2D eigenvalue weighted by atomic mass is 9.85. The minimum atomic E-state index is -0.233. The molecule has 2 aromatic rings. The molecule has 2 aliphatic rings. The third kappa shape index (κ3) is 2.20. The number of pyridine rings is 1. The van der Waals surface area contributed by atoms with Crippen molar-refractivity contribution in [3.8, 4) is 0 Å². The number of hydrogen-bond acceptors (Lipinski definition) is 4. The zero-order chi connectivity index (χ0) is 15.1. The Hall–Kier alpha value is -1.88. The maximum absolute atomic E-state index is 12.6. The molecule has 0 bridgehead atoms. The van der Waals surface area contributed by atoms with Gasteiger partial charge in [0.25, 0.3) is 5.91 Å². The number of carbonyl (C=O) groups is 1. The highest BCUT2D eigenvalue weighted by molar-refractivity contribution is 7.16. The molecular weight excluding hydrogens is 294 g/mol. The number of aromatic nitrogens is 1. The average molecular weight is 313 g/mol. The summed E-state index contributed by atoms with van der Waals surface area (Å²) >= 11 is 1.76. The van der Waals surface area contributed by atoms with Gasteiger partial charge in [0.05, 0.1) is 11.3 Å².